The molecule has 0 aliphatic heterocycles. The Morgan fingerprint density at radius 2 is 1.74 bits per heavy atom. The largest absolute Gasteiger partial charge is 0.351 e. The zero-order valence-corrected chi connectivity index (χ0v) is 15.3. The summed E-state index contributed by atoms with van der Waals surface area (Å²) < 4.78 is 0. The van der Waals surface area contributed by atoms with Gasteiger partial charge in [0.05, 0.1) is 17.4 Å². The highest BCUT2D eigenvalue weighted by atomic mass is 15.2. The van der Waals surface area contributed by atoms with Crippen LogP contribution < -0.4 is 4.90 Å². The average molecular weight is 312 g/mol. The molecule has 124 valence electrons. The summed E-state index contributed by atoms with van der Waals surface area (Å²) in [7, 11) is 2.07. The molecule has 23 heavy (non-hydrogen) atoms. The van der Waals surface area contributed by atoms with E-state index in [1.54, 1.807) is 0 Å². The first-order valence-corrected chi connectivity index (χ1v) is 8.23. The van der Waals surface area contributed by atoms with E-state index in [0.717, 1.165) is 23.0 Å². The molecule has 2 aromatic heterocycles. The standard InChI is InChI=1S/C19H28N4/c1-13(2)18-21-16(19(4,5)6)12-17(22-18)23(7)14(3)15-10-8-9-11-20-15/h8-14H,1-7H3. The van der Waals surface area contributed by atoms with E-state index >= 15 is 0 Å². The first-order chi connectivity index (χ1) is 10.7. The summed E-state index contributed by atoms with van der Waals surface area (Å²) in [6.45, 7) is 13.0. The third-order valence-electron chi connectivity index (χ3n) is 4.07. The maximum atomic E-state index is 4.78. The fourth-order valence-electron chi connectivity index (χ4n) is 2.30. The highest BCUT2D eigenvalue weighted by molar-refractivity contribution is 5.43. The molecule has 0 bridgehead atoms. The molecule has 0 spiro atoms. The van der Waals surface area contributed by atoms with E-state index in [9.17, 15) is 0 Å². The van der Waals surface area contributed by atoms with Gasteiger partial charge in [0.1, 0.15) is 11.6 Å². The molecule has 4 nitrogen and oxygen atoms in total. The Morgan fingerprint density at radius 3 is 2.26 bits per heavy atom. The van der Waals surface area contributed by atoms with Crippen molar-refractivity contribution in [2.75, 3.05) is 11.9 Å². The van der Waals surface area contributed by atoms with Gasteiger partial charge in [0.25, 0.3) is 0 Å². The Kier molecular flexibility index (Phi) is 5.03. The molecule has 0 aliphatic carbocycles. The molecule has 0 radical (unpaired) electrons. The quantitative estimate of drug-likeness (QED) is 0.834. The van der Waals surface area contributed by atoms with E-state index in [-0.39, 0.29) is 11.5 Å². The van der Waals surface area contributed by atoms with Gasteiger partial charge < -0.3 is 4.90 Å². The number of rotatable bonds is 4. The van der Waals surface area contributed by atoms with E-state index in [1.807, 2.05) is 18.3 Å². The van der Waals surface area contributed by atoms with E-state index in [4.69, 9.17) is 9.97 Å². The number of aromatic nitrogens is 3. The minimum atomic E-state index is -0.00357. The lowest BCUT2D eigenvalue weighted by molar-refractivity contribution is 0.556. The van der Waals surface area contributed by atoms with Crippen LogP contribution in [0.3, 0.4) is 0 Å². The summed E-state index contributed by atoms with van der Waals surface area (Å²) in [5.74, 6) is 2.15. The van der Waals surface area contributed by atoms with Crippen LogP contribution in [0.5, 0.6) is 0 Å². The number of nitrogens with zero attached hydrogens (tertiary/aromatic N) is 4. The highest BCUT2D eigenvalue weighted by Gasteiger charge is 2.22. The van der Waals surface area contributed by atoms with E-state index in [0.29, 0.717) is 5.92 Å². The normalized spacial score (nSPS) is 13.2. The predicted molar refractivity (Wildman–Crippen MR) is 95.9 cm³/mol. The van der Waals surface area contributed by atoms with Crippen LogP contribution in [-0.4, -0.2) is 22.0 Å². The summed E-state index contributed by atoms with van der Waals surface area (Å²) in [5.41, 5.74) is 2.11. The van der Waals surface area contributed by atoms with Gasteiger partial charge in [-0.2, -0.15) is 0 Å². The van der Waals surface area contributed by atoms with Crippen LogP contribution in [0, 0.1) is 0 Å². The van der Waals surface area contributed by atoms with E-state index < -0.39 is 0 Å². The molecular weight excluding hydrogens is 284 g/mol. The van der Waals surface area contributed by atoms with Crippen molar-refractivity contribution in [1.82, 2.24) is 15.0 Å². The van der Waals surface area contributed by atoms with Crippen molar-refractivity contribution in [2.45, 2.75) is 58.9 Å². The Morgan fingerprint density at radius 1 is 1.04 bits per heavy atom. The lowest BCUT2D eigenvalue weighted by Gasteiger charge is -2.28. The molecule has 1 unspecified atom stereocenters. The summed E-state index contributed by atoms with van der Waals surface area (Å²) >= 11 is 0. The second-order valence-corrected chi connectivity index (χ2v) is 7.42. The molecule has 0 fully saturated rings. The van der Waals surface area contributed by atoms with Gasteiger partial charge in [0.2, 0.25) is 0 Å². The zero-order chi connectivity index (χ0) is 17.2. The van der Waals surface area contributed by atoms with Gasteiger partial charge in [-0.1, -0.05) is 40.7 Å². The van der Waals surface area contributed by atoms with Crippen molar-refractivity contribution in [2.24, 2.45) is 0 Å². The third-order valence-corrected chi connectivity index (χ3v) is 4.07. The zero-order valence-electron chi connectivity index (χ0n) is 15.3. The minimum absolute atomic E-state index is 0.00357. The summed E-state index contributed by atoms with van der Waals surface area (Å²) in [5, 5.41) is 0. The van der Waals surface area contributed by atoms with Gasteiger partial charge in [0.15, 0.2) is 0 Å². The molecule has 0 saturated carbocycles. The SMILES string of the molecule is CC(C)c1nc(N(C)C(C)c2ccccn2)cc(C(C)(C)C)n1. The first-order valence-electron chi connectivity index (χ1n) is 8.23. The number of hydrogen-bond acceptors (Lipinski definition) is 4. The molecule has 2 aromatic rings. The van der Waals surface area contributed by atoms with Crippen LogP contribution in [-0.2, 0) is 5.41 Å². The van der Waals surface area contributed by atoms with Crippen LogP contribution in [0.4, 0.5) is 5.82 Å². The second kappa shape index (κ2) is 6.65. The number of hydrogen-bond donors (Lipinski definition) is 0. The number of anilines is 1. The molecular formula is C19H28N4. The first kappa shape index (κ1) is 17.4. The highest BCUT2D eigenvalue weighted by Crippen LogP contribution is 2.28. The van der Waals surface area contributed by atoms with Crippen molar-refractivity contribution in [3.05, 3.63) is 47.7 Å². The van der Waals surface area contributed by atoms with Gasteiger partial charge in [-0.05, 0) is 19.1 Å². The molecule has 2 heterocycles. The monoisotopic (exact) mass is 312 g/mol. The maximum Gasteiger partial charge on any atom is 0.133 e. The van der Waals surface area contributed by atoms with Crippen molar-refractivity contribution in [3.8, 4) is 0 Å². The third kappa shape index (κ3) is 4.06. The minimum Gasteiger partial charge on any atom is -0.351 e. The van der Waals surface area contributed by atoms with Crippen molar-refractivity contribution in [3.63, 3.8) is 0 Å². The number of pyridine rings is 1. The molecule has 0 amide bonds. The van der Waals surface area contributed by atoms with Crippen LogP contribution >= 0.6 is 0 Å². The van der Waals surface area contributed by atoms with Gasteiger partial charge in [0, 0.05) is 30.6 Å². The fourth-order valence-corrected chi connectivity index (χ4v) is 2.30. The van der Waals surface area contributed by atoms with E-state index in [1.165, 1.54) is 0 Å². The smallest absolute Gasteiger partial charge is 0.133 e. The molecule has 0 saturated heterocycles. The van der Waals surface area contributed by atoms with Gasteiger partial charge in [-0.3, -0.25) is 4.98 Å². The lowest BCUT2D eigenvalue weighted by Crippen LogP contribution is -2.26. The predicted octanol–water partition coefficient (Wildman–Crippen LogP) is 4.49. The van der Waals surface area contributed by atoms with E-state index in [2.05, 4.69) is 70.6 Å². The molecule has 0 aliphatic rings. The van der Waals surface area contributed by atoms with Crippen LogP contribution in [0.2, 0.25) is 0 Å². The molecule has 0 N–H and O–H groups in total. The summed E-state index contributed by atoms with van der Waals surface area (Å²) in [6.07, 6.45) is 1.83. The molecule has 1 atom stereocenters. The Labute approximate surface area is 140 Å². The fraction of sp³-hybridized carbons (Fsp3) is 0.526. The van der Waals surface area contributed by atoms with Gasteiger partial charge >= 0.3 is 0 Å². The van der Waals surface area contributed by atoms with Crippen LogP contribution in [0.15, 0.2) is 30.5 Å². The summed E-state index contributed by atoms with van der Waals surface area (Å²) in [6, 6.07) is 8.27. The van der Waals surface area contributed by atoms with Crippen molar-refractivity contribution in [1.29, 1.82) is 0 Å². The molecule has 0 aromatic carbocycles. The average Bonchev–Trinajstić information content (AvgIpc) is 2.53. The lowest BCUT2D eigenvalue weighted by atomic mass is 9.91. The second-order valence-electron chi connectivity index (χ2n) is 7.42. The molecule has 2 rings (SSSR count). The maximum absolute atomic E-state index is 4.78. The molecule has 4 heteroatoms. The van der Waals surface area contributed by atoms with Crippen molar-refractivity contribution < 1.29 is 0 Å². The van der Waals surface area contributed by atoms with Gasteiger partial charge in [-0.15, -0.1) is 0 Å². The van der Waals surface area contributed by atoms with Crippen LogP contribution in [0.25, 0.3) is 0 Å². The van der Waals surface area contributed by atoms with Gasteiger partial charge in [-0.25, -0.2) is 9.97 Å². The van der Waals surface area contributed by atoms with Crippen molar-refractivity contribution >= 4 is 5.82 Å². The Bertz CT molecular complexity index is 644. The summed E-state index contributed by atoms with van der Waals surface area (Å²) in [4.78, 5) is 16.2. The van der Waals surface area contributed by atoms with Crippen LogP contribution in [0.1, 0.15) is 70.7 Å². The topological polar surface area (TPSA) is 41.9 Å². The Hall–Kier alpha value is -1.97. The Balaban J connectivity index is 2.43.